The molecule has 0 aliphatic heterocycles. The van der Waals surface area contributed by atoms with Crippen LogP contribution >= 0.6 is 0 Å². The van der Waals surface area contributed by atoms with Gasteiger partial charge in [0.15, 0.2) is 0 Å². The van der Waals surface area contributed by atoms with Crippen molar-refractivity contribution in [1.29, 1.82) is 0 Å². The molecule has 0 amide bonds. The van der Waals surface area contributed by atoms with E-state index in [1.165, 1.54) is 24.5 Å². The summed E-state index contributed by atoms with van der Waals surface area (Å²) in [6.07, 6.45) is 2.95. The number of aromatic nitrogens is 1. The standard InChI is InChI=1S/C6H7NO3S.Na/c8-11(9,10)5-6-1-3-7-4-2-6;/h1-4H,5H2,(H,8,9,10);. The molecule has 0 aliphatic rings. The molecule has 6 heteroatoms. The summed E-state index contributed by atoms with van der Waals surface area (Å²) in [6, 6.07) is 3.07. The van der Waals surface area contributed by atoms with Crippen LogP contribution in [0.25, 0.3) is 0 Å². The minimum Gasteiger partial charge on any atom is -0.285 e. The molecule has 0 fully saturated rings. The van der Waals surface area contributed by atoms with Crippen molar-refractivity contribution >= 4 is 39.7 Å². The summed E-state index contributed by atoms with van der Waals surface area (Å²) in [7, 11) is -3.90. The summed E-state index contributed by atoms with van der Waals surface area (Å²) in [6.45, 7) is 0. The Balaban J connectivity index is 0.00000121. The SMILES string of the molecule is O=S(=O)(O)Cc1ccncc1.[Na]. The molecule has 1 aromatic rings. The molecule has 1 N–H and O–H groups in total. The molecule has 0 spiro atoms. The van der Waals surface area contributed by atoms with Gasteiger partial charge in [0.05, 0.1) is 0 Å². The number of rotatable bonds is 2. The second-order valence-electron chi connectivity index (χ2n) is 2.08. The van der Waals surface area contributed by atoms with Gasteiger partial charge in [0.2, 0.25) is 0 Å². The first-order chi connectivity index (χ1) is 5.08. The van der Waals surface area contributed by atoms with Gasteiger partial charge in [0, 0.05) is 42.0 Å². The van der Waals surface area contributed by atoms with Crippen LogP contribution < -0.4 is 0 Å². The fraction of sp³-hybridized carbons (Fsp3) is 0.167. The molecule has 0 saturated carbocycles. The number of hydrogen-bond donors (Lipinski definition) is 1. The van der Waals surface area contributed by atoms with Crippen LogP contribution in [0.4, 0.5) is 0 Å². The fourth-order valence-electron chi connectivity index (χ4n) is 0.690. The van der Waals surface area contributed by atoms with Crippen LogP contribution in [0.1, 0.15) is 5.56 Å². The van der Waals surface area contributed by atoms with Gasteiger partial charge in [-0.3, -0.25) is 9.54 Å². The minimum absolute atomic E-state index is 0. The third-order valence-electron chi connectivity index (χ3n) is 1.10. The summed E-state index contributed by atoms with van der Waals surface area (Å²) < 4.78 is 29.1. The second-order valence-corrected chi connectivity index (χ2v) is 3.53. The summed E-state index contributed by atoms with van der Waals surface area (Å²) in [5, 5.41) is 0. The smallest absolute Gasteiger partial charge is 0.269 e. The number of pyridine rings is 1. The molecule has 0 saturated heterocycles. The molecule has 1 aromatic heterocycles. The van der Waals surface area contributed by atoms with E-state index in [-0.39, 0.29) is 35.3 Å². The molecule has 1 heterocycles. The zero-order valence-corrected chi connectivity index (χ0v) is 9.45. The van der Waals surface area contributed by atoms with Crippen molar-refractivity contribution in [3.05, 3.63) is 30.1 Å². The van der Waals surface area contributed by atoms with Gasteiger partial charge >= 0.3 is 0 Å². The average molecular weight is 196 g/mol. The first-order valence-corrected chi connectivity index (χ1v) is 4.53. The average Bonchev–Trinajstić information content (AvgIpc) is 1.85. The summed E-state index contributed by atoms with van der Waals surface area (Å²) in [5.74, 6) is -0.352. The molecule has 1 rings (SSSR count). The number of hydrogen-bond acceptors (Lipinski definition) is 3. The van der Waals surface area contributed by atoms with Crippen LogP contribution in [-0.2, 0) is 15.9 Å². The Morgan fingerprint density at radius 1 is 1.33 bits per heavy atom. The molecule has 0 aromatic carbocycles. The van der Waals surface area contributed by atoms with Crippen molar-refractivity contribution in [2.24, 2.45) is 0 Å². The molecule has 0 unspecified atom stereocenters. The quantitative estimate of drug-likeness (QED) is 0.537. The van der Waals surface area contributed by atoms with Crippen molar-refractivity contribution in [1.82, 2.24) is 4.98 Å². The normalized spacial score (nSPS) is 10.4. The zero-order chi connectivity index (χ0) is 8.32. The predicted molar refractivity (Wildman–Crippen MR) is 45.2 cm³/mol. The van der Waals surface area contributed by atoms with Gasteiger partial charge in [-0.2, -0.15) is 8.42 Å². The van der Waals surface area contributed by atoms with Crippen molar-refractivity contribution in [2.75, 3.05) is 0 Å². The largest absolute Gasteiger partial charge is 0.285 e. The minimum atomic E-state index is -3.90. The third kappa shape index (κ3) is 4.84. The van der Waals surface area contributed by atoms with E-state index in [0.29, 0.717) is 5.56 Å². The summed E-state index contributed by atoms with van der Waals surface area (Å²) in [4.78, 5) is 3.70. The van der Waals surface area contributed by atoms with E-state index >= 15 is 0 Å². The van der Waals surface area contributed by atoms with Gasteiger partial charge < -0.3 is 0 Å². The van der Waals surface area contributed by atoms with Gasteiger partial charge in [-0.1, -0.05) is 0 Å². The van der Waals surface area contributed by atoms with Gasteiger partial charge in [0.1, 0.15) is 5.75 Å². The van der Waals surface area contributed by atoms with Crippen LogP contribution in [0.5, 0.6) is 0 Å². The van der Waals surface area contributed by atoms with E-state index < -0.39 is 10.1 Å². The van der Waals surface area contributed by atoms with Crippen molar-refractivity contribution < 1.29 is 13.0 Å². The van der Waals surface area contributed by atoms with Crippen LogP contribution in [-0.4, -0.2) is 47.5 Å². The van der Waals surface area contributed by atoms with E-state index in [1.807, 2.05) is 0 Å². The van der Waals surface area contributed by atoms with Gasteiger partial charge in [-0.05, 0) is 17.7 Å². The van der Waals surface area contributed by atoms with Crippen LogP contribution in [0.3, 0.4) is 0 Å². The van der Waals surface area contributed by atoms with E-state index in [0.717, 1.165) is 0 Å². The summed E-state index contributed by atoms with van der Waals surface area (Å²) >= 11 is 0. The maximum Gasteiger partial charge on any atom is 0.269 e. The van der Waals surface area contributed by atoms with Gasteiger partial charge in [0.25, 0.3) is 10.1 Å². The van der Waals surface area contributed by atoms with Crippen molar-refractivity contribution in [2.45, 2.75) is 5.75 Å². The number of nitrogens with zero attached hydrogens (tertiary/aromatic N) is 1. The van der Waals surface area contributed by atoms with Gasteiger partial charge in [-0.15, -0.1) is 0 Å². The van der Waals surface area contributed by atoms with Crippen molar-refractivity contribution in [3.63, 3.8) is 0 Å². The Kier molecular flexibility index (Phi) is 4.96. The Bertz CT molecular complexity index is 324. The zero-order valence-electron chi connectivity index (χ0n) is 6.64. The molecule has 12 heavy (non-hydrogen) atoms. The van der Waals surface area contributed by atoms with E-state index in [1.54, 1.807) is 0 Å². The van der Waals surface area contributed by atoms with E-state index in [2.05, 4.69) is 4.98 Å². The fourth-order valence-corrected chi connectivity index (χ4v) is 1.30. The van der Waals surface area contributed by atoms with Crippen LogP contribution in [0.2, 0.25) is 0 Å². The Labute approximate surface area is 93.1 Å². The van der Waals surface area contributed by atoms with E-state index in [4.69, 9.17) is 4.55 Å². The first-order valence-electron chi connectivity index (χ1n) is 2.92. The Hall–Kier alpha value is 0.0600. The molecule has 4 nitrogen and oxygen atoms in total. The third-order valence-corrected chi connectivity index (χ3v) is 1.80. The summed E-state index contributed by atoms with van der Waals surface area (Å²) in [5.41, 5.74) is 0.530. The molecular weight excluding hydrogens is 189 g/mol. The second kappa shape index (κ2) is 4.94. The van der Waals surface area contributed by atoms with Crippen LogP contribution in [0.15, 0.2) is 24.5 Å². The molecule has 0 atom stereocenters. The van der Waals surface area contributed by atoms with Gasteiger partial charge in [-0.25, -0.2) is 0 Å². The molecular formula is C6H7NNaO3S. The molecule has 0 aliphatic carbocycles. The van der Waals surface area contributed by atoms with Crippen LogP contribution in [0, 0.1) is 0 Å². The Morgan fingerprint density at radius 2 is 1.83 bits per heavy atom. The maximum atomic E-state index is 10.3. The van der Waals surface area contributed by atoms with E-state index in [9.17, 15) is 8.42 Å². The monoisotopic (exact) mass is 196 g/mol. The topological polar surface area (TPSA) is 67.3 Å². The van der Waals surface area contributed by atoms with Crippen molar-refractivity contribution in [3.8, 4) is 0 Å². The molecule has 1 radical (unpaired) electrons. The molecule has 0 bridgehead atoms. The Morgan fingerprint density at radius 3 is 2.25 bits per heavy atom. The molecule has 61 valence electrons. The first kappa shape index (κ1) is 12.1. The predicted octanol–water partition coefficient (Wildman–Crippen LogP) is 0.0886. The maximum absolute atomic E-state index is 10.3.